The fraction of sp³-hybridized carbons (Fsp3) is 0. The highest BCUT2D eigenvalue weighted by molar-refractivity contribution is 6.45. The Morgan fingerprint density at radius 3 is 2.60 bits per heavy atom. The molecule has 0 unspecified atom stereocenters. The molecule has 0 aliphatic heterocycles. The topological polar surface area (TPSA) is 50.2 Å². The molecule has 1 N–H and O–H groups in total. The lowest BCUT2D eigenvalue weighted by Crippen LogP contribution is -2.00. The summed E-state index contributed by atoms with van der Waals surface area (Å²) in [6, 6.07) is 4.79. The predicted molar refractivity (Wildman–Crippen MR) is 58.7 cm³/mol. The number of benzene rings is 1. The van der Waals surface area contributed by atoms with Crippen LogP contribution in [-0.2, 0) is 0 Å². The van der Waals surface area contributed by atoms with Crippen molar-refractivity contribution in [3.8, 4) is 0 Å². The Labute approximate surface area is 95.3 Å². The highest BCUT2D eigenvalue weighted by atomic mass is 35.5. The number of carbonyl (C=O) groups is 1. The zero-order valence-corrected chi connectivity index (χ0v) is 8.88. The first-order chi connectivity index (χ1) is 7.11. The SMILES string of the molecule is O=C(O)c1nccc2c(Cl)c(Cl)ccc12. The van der Waals surface area contributed by atoms with Crippen molar-refractivity contribution in [2.24, 2.45) is 0 Å². The van der Waals surface area contributed by atoms with Gasteiger partial charge in [-0.2, -0.15) is 0 Å². The average Bonchev–Trinajstić information content (AvgIpc) is 2.23. The number of hydrogen-bond donors (Lipinski definition) is 1. The maximum Gasteiger partial charge on any atom is 0.355 e. The van der Waals surface area contributed by atoms with Crippen LogP contribution in [0, 0.1) is 0 Å². The number of hydrogen-bond acceptors (Lipinski definition) is 2. The van der Waals surface area contributed by atoms with Crippen LogP contribution in [0.5, 0.6) is 0 Å². The molecule has 3 nitrogen and oxygen atoms in total. The van der Waals surface area contributed by atoms with Crippen molar-refractivity contribution in [3.63, 3.8) is 0 Å². The van der Waals surface area contributed by atoms with Crippen LogP contribution in [0.1, 0.15) is 10.5 Å². The molecule has 76 valence electrons. The minimum absolute atomic E-state index is 0.0222. The van der Waals surface area contributed by atoms with E-state index in [0.717, 1.165) is 0 Å². The highest BCUT2D eigenvalue weighted by Crippen LogP contribution is 2.31. The Balaban J connectivity index is 2.89. The lowest BCUT2D eigenvalue weighted by molar-refractivity contribution is 0.0693. The summed E-state index contributed by atoms with van der Waals surface area (Å²) < 4.78 is 0. The summed E-state index contributed by atoms with van der Waals surface area (Å²) >= 11 is 11.8. The fourth-order valence-electron chi connectivity index (χ4n) is 1.36. The van der Waals surface area contributed by atoms with Gasteiger partial charge >= 0.3 is 5.97 Å². The molecule has 0 bridgehead atoms. The largest absolute Gasteiger partial charge is 0.476 e. The van der Waals surface area contributed by atoms with Gasteiger partial charge in [-0.15, -0.1) is 0 Å². The minimum atomic E-state index is -1.08. The molecule has 0 radical (unpaired) electrons. The van der Waals surface area contributed by atoms with E-state index in [2.05, 4.69) is 4.98 Å². The number of aromatic carboxylic acids is 1. The molecule has 0 aliphatic rings. The van der Waals surface area contributed by atoms with Gasteiger partial charge < -0.3 is 5.11 Å². The van der Waals surface area contributed by atoms with Gasteiger partial charge in [0.1, 0.15) is 0 Å². The van der Waals surface area contributed by atoms with E-state index in [4.69, 9.17) is 28.3 Å². The second-order valence-corrected chi connectivity index (χ2v) is 3.71. The number of halogens is 2. The van der Waals surface area contributed by atoms with Gasteiger partial charge in [-0.1, -0.05) is 29.3 Å². The first kappa shape index (κ1) is 10.2. The quantitative estimate of drug-likeness (QED) is 0.834. The van der Waals surface area contributed by atoms with E-state index in [-0.39, 0.29) is 5.69 Å². The lowest BCUT2D eigenvalue weighted by atomic mass is 10.1. The van der Waals surface area contributed by atoms with E-state index in [1.165, 1.54) is 6.20 Å². The molecular formula is C10H5Cl2NO2. The molecule has 15 heavy (non-hydrogen) atoms. The third kappa shape index (κ3) is 1.64. The van der Waals surface area contributed by atoms with Crippen LogP contribution in [0.15, 0.2) is 24.4 Å². The molecule has 2 aromatic rings. The van der Waals surface area contributed by atoms with Crippen LogP contribution in [0.25, 0.3) is 10.8 Å². The number of fused-ring (bicyclic) bond motifs is 1. The zero-order chi connectivity index (χ0) is 11.0. The second kappa shape index (κ2) is 3.68. The average molecular weight is 242 g/mol. The van der Waals surface area contributed by atoms with E-state index in [9.17, 15) is 4.79 Å². The molecule has 0 atom stereocenters. The molecule has 1 aromatic carbocycles. The Kier molecular flexibility index (Phi) is 2.50. The van der Waals surface area contributed by atoms with Crippen molar-refractivity contribution in [3.05, 3.63) is 40.1 Å². The normalized spacial score (nSPS) is 10.5. The minimum Gasteiger partial charge on any atom is -0.476 e. The van der Waals surface area contributed by atoms with Crippen molar-refractivity contribution < 1.29 is 9.90 Å². The number of nitrogens with zero attached hydrogens (tertiary/aromatic N) is 1. The number of carboxylic acids is 1. The van der Waals surface area contributed by atoms with Gasteiger partial charge in [-0.05, 0) is 12.1 Å². The summed E-state index contributed by atoms with van der Waals surface area (Å²) in [6.45, 7) is 0. The molecule has 0 spiro atoms. The molecule has 1 heterocycles. The standard InChI is InChI=1S/C10H5Cl2NO2/c11-7-2-1-6-5(8(7)12)3-4-13-9(6)10(14)15/h1-4H,(H,14,15). The fourth-order valence-corrected chi connectivity index (χ4v) is 1.75. The Hall–Kier alpha value is -1.32. The van der Waals surface area contributed by atoms with E-state index in [1.54, 1.807) is 18.2 Å². The molecule has 5 heteroatoms. The third-order valence-corrected chi connectivity index (χ3v) is 2.85. The first-order valence-electron chi connectivity index (χ1n) is 4.07. The summed E-state index contributed by atoms with van der Waals surface area (Å²) in [5.41, 5.74) is -0.0222. The molecule has 1 aromatic heterocycles. The number of aromatic nitrogens is 1. The van der Waals surface area contributed by atoms with E-state index in [0.29, 0.717) is 20.8 Å². The summed E-state index contributed by atoms with van der Waals surface area (Å²) in [4.78, 5) is 14.6. The van der Waals surface area contributed by atoms with Gasteiger partial charge in [0.2, 0.25) is 0 Å². The van der Waals surface area contributed by atoms with E-state index in [1.807, 2.05) is 0 Å². The molecule has 0 saturated carbocycles. The summed E-state index contributed by atoms with van der Waals surface area (Å²) in [5.74, 6) is -1.08. The van der Waals surface area contributed by atoms with Gasteiger partial charge in [0, 0.05) is 17.0 Å². The van der Waals surface area contributed by atoms with Gasteiger partial charge in [0.15, 0.2) is 5.69 Å². The van der Waals surface area contributed by atoms with Gasteiger partial charge in [0.05, 0.1) is 10.0 Å². The van der Waals surface area contributed by atoms with Gasteiger partial charge in [-0.25, -0.2) is 9.78 Å². The van der Waals surface area contributed by atoms with Crippen molar-refractivity contribution in [2.75, 3.05) is 0 Å². The first-order valence-corrected chi connectivity index (χ1v) is 4.83. The number of pyridine rings is 1. The summed E-state index contributed by atoms with van der Waals surface area (Å²) in [6.07, 6.45) is 1.40. The number of rotatable bonds is 1. The molecule has 0 saturated heterocycles. The van der Waals surface area contributed by atoms with E-state index < -0.39 is 5.97 Å². The Bertz CT molecular complexity index is 554. The van der Waals surface area contributed by atoms with Crippen molar-refractivity contribution in [2.45, 2.75) is 0 Å². The molecule has 0 fully saturated rings. The molecular weight excluding hydrogens is 237 g/mol. The molecule has 2 rings (SSSR count). The smallest absolute Gasteiger partial charge is 0.355 e. The Morgan fingerprint density at radius 1 is 1.20 bits per heavy atom. The Morgan fingerprint density at radius 2 is 1.93 bits per heavy atom. The summed E-state index contributed by atoms with van der Waals surface area (Å²) in [5, 5.41) is 10.7. The highest BCUT2D eigenvalue weighted by Gasteiger charge is 2.12. The van der Waals surface area contributed by atoms with Crippen LogP contribution in [0.2, 0.25) is 10.0 Å². The lowest BCUT2D eigenvalue weighted by Gasteiger charge is -2.04. The second-order valence-electron chi connectivity index (χ2n) is 2.92. The van der Waals surface area contributed by atoms with Crippen LogP contribution in [0.3, 0.4) is 0 Å². The van der Waals surface area contributed by atoms with Crippen LogP contribution in [-0.4, -0.2) is 16.1 Å². The summed E-state index contributed by atoms with van der Waals surface area (Å²) in [7, 11) is 0. The maximum atomic E-state index is 10.9. The molecule has 0 amide bonds. The van der Waals surface area contributed by atoms with Gasteiger partial charge in [0.25, 0.3) is 0 Å². The molecule has 0 aliphatic carbocycles. The van der Waals surface area contributed by atoms with Crippen LogP contribution in [0.4, 0.5) is 0 Å². The van der Waals surface area contributed by atoms with Crippen LogP contribution < -0.4 is 0 Å². The maximum absolute atomic E-state index is 10.9. The van der Waals surface area contributed by atoms with Gasteiger partial charge in [-0.3, -0.25) is 0 Å². The van der Waals surface area contributed by atoms with Crippen molar-refractivity contribution in [1.29, 1.82) is 0 Å². The van der Waals surface area contributed by atoms with Crippen molar-refractivity contribution in [1.82, 2.24) is 4.98 Å². The van der Waals surface area contributed by atoms with Crippen molar-refractivity contribution >= 4 is 39.9 Å². The van der Waals surface area contributed by atoms with Crippen LogP contribution >= 0.6 is 23.2 Å². The predicted octanol–water partition coefficient (Wildman–Crippen LogP) is 3.24. The van der Waals surface area contributed by atoms with E-state index >= 15 is 0 Å². The monoisotopic (exact) mass is 241 g/mol. The number of carboxylic acid groups (broad SMARTS) is 1. The third-order valence-electron chi connectivity index (χ3n) is 2.04. The zero-order valence-electron chi connectivity index (χ0n) is 7.37.